The molecule has 0 aliphatic heterocycles. The molecule has 0 aromatic carbocycles. The van der Waals surface area contributed by atoms with Crippen molar-refractivity contribution in [3.63, 3.8) is 0 Å². The van der Waals surface area contributed by atoms with Crippen molar-refractivity contribution in [1.82, 2.24) is 15.5 Å². The van der Waals surface area contributed by atoms with Crippen LogP contribution in [0.2, 0.25) is 0 Å². The molecule has 0 fully saturated rings. The third kappa shape index (κ3) is 5.00. The molecule has 0 saturated carbocycles. The molecule has 94 valence electrons. The Morgan fingerprint density at radius 3 is 2.88 bits per heavy atom. The Kier molecular flexibility index (Phi) is 5.70. The minimum atomic E-state index is -0.358. The maximum atomic E-state index is 11.1. The van der Waals surface area contributed by atoms with Gasteiger partial charge in [-0.25, -0.2) is 4.79 Å². The number of amides is 2. The van der Waals surface area contributed by atoms with Crippen molar-refractivity contribution < 1.29 is 14.3 Å². The van der Waals surface area contributed by atoms with Gasteiger partial charge in [-0.15, -0.1) is 10.2 Å². The van der Waals surface area contributed by atoms with Crippen molar-refractivity contribution >= 4 is 40.2 Å². The van der Waals surface area contributed by atoms with E-state index in [0.29, 0.717) is 16.1 Å². The summed E-state index contributed by atoms with van der Waals surface area (Å²) in [6.07, 6.45) is 0. The first-order valence-electron chi connectivity index (χ1n) is 4.76. The number of nitrogens with one attached hydrogen (secondary N) is 2. The molecule has 0 atom stereocenters. The van der Waals surface area contributed by atoms with E-state index in [2.05, 4.69) is 20.8 Å². The molecule has 0 bridgehead atoms. The highest BCUT2D eigenvalue weighted by Crippen LogP contribution is 2.25. The predicted molar refractivity (Wildman–Crippen MR) is 65.3 cm³/mol. The third-order valence-electron chi connectivity index (χ3n) is 1.47. The third-order valence-corrected chi connectivity index (χ3v) is 3.42. The summed E-state index contributed by atoms with van der Waals surface area (Å²) in [6.45, 7) is 2.11. The van der Waals surface area contributed by atoms with E-state index >= 15 is 0 Å². The molecule has 1 aromatic heterocycles. The van der Waals surface area contributed by atoms with Crippen LogP contribution in [0, 0.1) is 0 Å². The van der Waals surface area contributed by atoms with E-state index in [1.165, 1.54) is 30.1 Å². The average molecular weight is 276 g/mol. The summed E-state index contributed by atoms with van der Waals surface area (Å²) in [6, 6.07) is -0.358. The first kappa shape index (κ1) is 13.7. The fourth-order valence-corrected chi connectivity index (χ4v) is 2.35. The van der Waals surface area contributed by atoms with Gasteiger partial charge in [0.15, 0.2) is 4.34 Å². The number of esters is 1. The minimum absolute atomic E-state index is 0.183. The normalized spacial score (nSPS) is 9.76. The zero-order chi connectivity index (χ0) is 12.7. The molecule has 0 unspecified atom stereocenters. The summed E-state index contributed by atoms with van der Waals surface area (Å²) in [4.78, 5) is 22.1. The number of urea groups is 1. The van der Waals surface area contributed by atoms with Gasteiger partial charge in [0.2, 0.25) is 5.13 Å². The van der Waals surface area contributed by atoms with Gasteiger partial charge in [-0.1, -0.05) is 23.1 Å². The predicted octanol–water partition coefficient (Wildman–Crippen LogP) is 0.945. The van der Waals surface area contributed by atoms with Crippen LogP contribution in [-0.4, -0.2) is 41.6 Å². The molecule has 0 aliphatic rings. The molecule has 0 radical (unpaired) electrons. The number of carbonyl (C=O) groups excluding carboxylic acids is 2. The smallest absolute Gasteiger partial charge is 0.320 e. The van der Waals surface area contributed by atoms with Crippen LogP contribution in [0.1, 0.15) is 6.92 Å². The highest BCUT2D eigenvalue weighted by Gasteiger charge is 2.09. The Balaban J connectivity index is 2.40. The fraction of sp³-hybridized carbons (Fsp3) is 0.500. The largest absolute Gasteiger partial charge is 0.465 e. The SMILES string of the molecule is CCOC(=O)CSc1nnc(NC(=O)NC)s1. The van der Waals surface area contributed by atoms with Crippen molar-refractivity contribution in [3.8, 4) is 0 Å². The van der Waals surface area contributed by atoms with E-state index in [1.807, 2.05) is 0 Å². The van der Waals surface area contributed by atoms with E-state index in [0.717, 1.165) is 0 Å². The highest BCUT2D eigenvalue weighted by molar-refractivity contribution is 8.01. The van der Waals surface area contributed by atoms with E-state index in [4.69, 9.17) is 4.74 Å². The molecule has 17 heavy (non-hydrogen) atoms. The number of thioether (sulfide) groups is 1. The number of hydrogen-bond acceptors (Lipinski definition) is 7. The van der Waals surface area contributed by atoms with Crippen LogP contribution in [0.3, 0.4) is 0 Å². The van der Waals surface area contributed by atoms with E-state index in [9.17, 15) is 9.59 Å². The summed E-state index contributed by atoms with van der Waals surface area (Å²) < 4.78 is 5.37. The van der Waals surface area contributed by atoms with Crippen molar-refractivity contribution in [1.29, 1.82) is 0 Å². The Morgan fingerprint density at radius 2 is 2.24 bits per heavy atom. The first-order valence-corrected chi connectivity index (χ1v) is 6.56. The zero-order valence-corrected chi connectivity index (χ0v) is 11.0. The van der Waals surface area contributed by atoms with Crippen LogP contribution in [0.4, 0.5) is 9.93 Å². The maximum Gasteiger partial charge on any atom is 0.320 e. The minimum Gasteiger partial charge on any atom is -0.465 e. The molecular weight excluding hydrogens is 264 g/mol. The summed E-state index contributed by atoms with van der Waals surface area (Å²) in [5.41, 5.74) is 0. The molecule has 9 heteroatoms. The Labute approximate surface area is 106 Å². The molecular formula is C8H12N4O3S2. The van der Waals surface area contributed by atoms with Crippen LogP contribution < -0.4 is 10.6 Å². The Morgan fingerprint density at radius 1 is 1.47 bits per heavy atom. The van der Waals surface area contributed by atoms with Crippen LogP contribution in [0.15, 0.2) is 4.34 Å². The standard InChI is InChI=1S/C8H12N4O3S2/c1-3-15-5(13)4-16-8-12-11-7(17-8)10-6(14)9-2/h3-4H2,1-2H3,(H2,9,10,11,14). The number of nitrogens with zero attached hydrogens (tertiary/aromatic N) is 2. The molecule has 2 N–H and O–H groups in total. The van der Waals surface area contributed by atoms with E-state index in [-0.39, 0.29) is 17.8 Å². The molecule has 0 spiro atoms. The Hall–Kier alpha value is -1.35. The second-order valence-electron chi connectivity index (χ2n) is 2.67. The quantitative estimate of drug-likeness (QED) is 0.472. The molecule has 1 rings (SSSR count). The summed E-state index contributed by atoms with van der Waals surface area (Å²) in [5.74, 6) is -0.115. The number of ether oxygens (including phenoxy) is 1. The monoisotopic (exact) mass is 276 g/mol. The van der Waals surface area contributed by atoms with Gasteiger partial charge in [-0.3, -0.25) is 10.1 Å². The number of rotatable bonds is 5. The summed E-state index contributed by atoms with van der Waals surface area (Å²) in [5, 5.41) is 12.8. The number of hydrogen-bond donors (Lipinski definition) is 2. The van der Waals surface area contributed by atoms with Crippen LogP contribution in [0.25, 0.3) is 0 Å². The van der Waals surface area contributed by atoms with Gasteiger partial charge in [-0.05, 0) is 6.92 Å². The van der Waals surface area contributed by atoms with E-state index in [1.54, 1.807) is 6.92 Å². The lowest BCUT2D eigenvalue weighted by Gasteiger charge is -1.98. The van der Waals surface area contributed by atoms with Crippen molar-refractivity contribution in [2.45, 2.75) is 11.3 Å². The van der Waals surface area contributed by atoms with Crippen LogP contribution in [0.5, 0.6) is 0 Å². The summed E-state index contributed by atoms with van der Waals surface area (Å²) >= 11 is 2.42. The van der Waals surface area contributed by atoms with Gasteiger partial charge in [-0.2, -0.15) is 0 Å². The Bertz CT molecular complexity index is 396. The summed E-state index contributed by atoms with van der Waals surface area (Å²) in [7, 11) is 1.51. The first-order chi connectivity index (χ1) is 8.15. The number of carbonyl (C=O) groups is 2. The lowest BCUT2D eigenvalue weighted by molar-refractivity contribution is -0.139. The van der Waals surface area contributed by atoms with Crippen LogP contribution in [-0.2, 0) is 9.53 Å². The van der Waals surface area contributed by atoms with Gasteiger partial charge in [0.05, 0.1) is 12.4 Å². The second-order valence-corrected chi connectivity index (χ2v) is 4.87. The van der Waals surface area contributed by atoms with Gasteiger partial charge >= 0.3 is 12.0 Å². The molecule has 2 amide bonds. The van der Waals surface area contributed by atoms with Crippen molar-refractivity contribution in [3.05, 3.63) is 0 Å². The lowest BCUT2D eigenvalue weighted by Crippen LogP contribution is -2.24. The number of anilines is 1. The maximum absolute atomic E-state index is 11.1. The number of aromatic nitrogens is 2. The lowest BCUT2D eigenvalue weighted by atomic mass is 10.8. The highest BCUT2D eigenvalue weighted by atomic mass is 32.2. The molecule has 0 aliphatic carbocycles. The van der Waals surface area contributed by atoms with Crippen LogP contribution >= 0.6 is 23.1 Å². The van der Waals surface area contributed by atoms with Gasteiger partial charge in [0.25, 0.3) is 0 Å². The molecule has 1 heterocycles. The molecule has 7 nitrogen and oxygen atoms in total. The molecule has 1 aromatic rings. The van der Waals surface area contributed by atoms with Gasteiger partial charge in [0, 0.05) is 7.05 Å². The van der Waals surface area contributed by atoms with Crippen molar-refractivity contribution in [2.75, 3.05) is 24.7 Å². The second kappa shape index (κ2) is 7.07. The topological polar surface area (TPSA) is 93.2 Å². The molecule has 0 saturated heterocycles. The average Bonchev–Trinajstić information content (AvgIpc) is 2.74. The van der Waals surface area contributed by atoms with Gasteiger partial charge < -0.3 is 10.1 Å². The van der Waals surface area contributed by atoms with E-state index < -0.39 is 0 Å². The fourth-order valence-electron chi connectivity index (χ4n) is 0.802. The van der Waals surface area contributed by atoms with Crippen molar-refractivity contribution in [2.24, 2.45) is 0 Å². The zero-order valence-electron chi connectivity index (χ0n) is 9.35. The van der Waals surface area contributed by atoms with Gasteiger partial charge in [0.1, 0.15) is 0 Å².